The first-order valence-electron chi connectivity index (χ1n) is 5.02. The van der Waals surface area contributed by atoms with Crippen LogP contribution in [0.25, 0.3) is 0 Å². The van der Waals surface area contributed by atoms with Crippen LogP contribution in [0.1, 0.15) is 27.7 Å². The average molecular weight is 232 g/mol. The maximum atomic E-state index is 8.58. The van der Waals surface area contributed by atoms with Gasteiger partial charge in [-0.25, -0.2) is 4.98 Å². The van der Waals surface area contributed by atoms with Crippen LogP contribution in [0.4, 0.5) is 0 Å². The van der Waals surface area contributed by atoms with Crippen molar-refractivity contribution in [1.82, 2.24) is 9.97 Å². The zero-order chi connectivity index (χ0) is 13.4. The number of imidazole rings is 1. The third-order valence-electron chi connectivity index (χ3n) is 1.50. The van der Waals surface area contributed by atoms with Crippen molar-refractivity contribution in [3.8, 4) is 12.1 Å². The van der Waals surface area contributed by atoms with E-state index < -0.39 is 11.1 Å². The molecule has 90 valence electrons. The molecule has 1 aromatic heterocycles. The van der Waals surface area contributed by atoms with Gasteiger partial charge in [0.15, 0.2) is 11.1 Å². The van der Waals surface area contributed by atoms with Gasteiger partial charge in [0.05, 0.1) is 18.5 Å². The van der Waals surface area contributed by atoms with Crippen LogP contribution < -0.4 is 0 Å². The molecule has 1 heterocycles. The van der Waals surface area contributed by atoms with E-state index in [1.807, 2.05) is 12.1 Å². The molecule has 0 fully saturated rings. The third-order valence-corrected chi connectivity index (χ3v) is 1.50. The molecule has 0 amide bonds. The lowest BCUT2D eigenvalue weighted by molar-refractivity contribution is 0.541. The molecule has 1 N–H and O–H groups in total. The summed E-state index contributed by atoms with van der Waals surface area (Å²) in [6.45, 7) is 6.57. The number of nitriles is 2. The van der Waals surface area contributed by atoms with Crippen molar-refractivity contribution in [2.45, 2.75) is 38.8 Å². The van der Waals surface area contributed by atoms with Gasteiger partial charge in [0.2, 0.25) is 0 Å². The van der Waals surface area contributed by atoms with Crippen LogP contribution in [0.3, 0.4) is 0 Å². The summed E-state index contributed by atoms with van der Waals surface area (Å²) in [7, 11) is 0. The molecule has 1 aromatic rings. The minimum absolute atomic E-state index is 0.839. The Morgan fingerprint density at radius 1 is 1.06 bits per heavy atom. The van der Waals surface area contributed by atoms with Gasteiger partial charge in [-0.15, -0.1) is 0 Å². The summed E-state index contributed by atoms with van der Waals surface area (Å²) in [4.78, 5) is 6.42. The fourth-order valence-electron chi connectivity index (χ4n) is 0.510. The van der Waals surface area contributed by atoms with Gasteiger partial charge in [0.25, 0.3) is 0 Å². The Morgan fingerprint density at radius 3 is 1.71 bits per heavy atom. The first-order valence-corrected chi connectivity index (χ1v) is 5.02. The summed E-state index contributed by atoms with van der Waals surface area (Å²) in [5, 5.41) is 24.7. The van der Waals surface area contributed by atoms with Gasteiger partial charge >= 0.3 is 0 Å². The fourth-order valence-corrected chi connectivity index (χ4v) is 0.510. The summed E-state index contributed by atoms with van der Waals surface area (Å²) in [6, 6.07) is 3.94. The van der Waals surface area contributed by atoms with Crippen molar-refractivity contribution in [1.29, 1.82) is 10.5 Å². The SMILES string of the molecule is CC(C)(C#N)N=NC(C)(C)C#N.c1c[nH]cn1. The Labute approximate surface area is 101 Å². The molecule has 0 aliphatic heterocycles. The van der Waals surface area contributed by atoms with Crippen molar-refractivity contribution in [2.24, 2.45) is 10.2 Å². The van der Waals surface area contributed by atoms with E-state index in [2.05, 4.69) is 20.2 Å². The topological polar surface area (TPSA) is 101 Å². The van der Waals surface area contributed by atoms with E-state index in [9.17, 15) is 0 Å². The standard InChI is InChI=1S/C8H12N4.C3H4N2/c1-7(2,5-9)11-12-8(3,4)6-10;1-2-5-3-4-1/h1-4H3;1-3H,(H,4,5). The van der Waals surface area contributed by atoms with Gasteiger partial charge in [-0.05, 0) is 27.7 Å². The Bertz CT molecular complexity index is 371. The van der Waals surface area contributed by atoms with Gasteiger partial charge < -0.3 is 4.98 Å². The number of hydrogen-bond donors (Lipinski definition) is 1. The van der Waals surface area contributed by atoms with Crippen LogP contribution in [-0.2, 0) is 0 Å². The quantitative estimate of drug-likeness (QED) is 0.792. The highest BCUT2D eigenvalue weighted by molar-refractivity contribution is 5.03. The molecule has 0 aliphatic carbocycles. The van der Waals surface area contributed by atoms with Crippen LogP contribution in [-0.4, -0.2) is 21.0 Å². The lowest BCUT2D eigenvalue weighted by atomic mass is 10.1. The van der Waals surface area contributed by atoms with Crippen molar-refractivity contribution in [3.63, 3.8) is 0 Å². The lowest BCUT2D eigenvalue weighted by Crippen LogP contribution is -2.17. The molecular weight excluding hydrogens is 216 g/mol. The first-order chi connectivity index (χ1) is 7.83. The highest BCUT2D eigenvalue weighted by atomic mass is 15.2. The Balaban J connectivity index is 0.000000419. The first kappa shape index (κ1) is 14.8. The van der Waals surface area contributed by atoms with Crippen molar-refractivity contribution in [3.05, 3.63) is 18.7 Å². The summed E-state index contributed by atoms with van der Waals surface area (Å²) in [6.07, 6.45) is 5.08. The highest BCUT2D eigenvalue weighted by Crippen LogP contribution is 2.13. The van der Waals surface area contributed by atoms with Gasteiger partial charge in [-0.1, -0.05) is 0 Å². The van der Waals surface area contributed by atoms with E-state index in [4.69, 9.17) is 10.5 Å². The molecule has 0 atom stereocenters. The molecule has 0 radical (unpaired) electrons. The zero-order valence-electron chi connectivity index (χ0n) is 10.5. The van der Waals surface area contributed by atoms with Crippen LogP contribution >= 0.6 is 0 Å². The molecule has 1 rings (SSSR count). The number of H-pyrrole nitrogens is 1. The van der Waals surface area contributed by atoms with E-state index in [1.165, 1.54) is 0 Å². The number of rotatable bonds is 2. The van der Waals surface area contributed by atoms with Crippen LogP contribution in [0, 0.1) is 22.7 Å². The molecule has 0 spiro atoms. The van der Waals surface area contributed by atoms with Crippen LogP contribution in [0.2, 0.25) is 0 Å². The molecule has 17 heavy (non-hydrogen) atoms. The minimum Gasteiger partial charge on any atom is -0.351 e. The van der Waals surface area contributed by atoms with Gasteiger partial charge in [0.1, 0.15) is 0 Å². The number of aromatic amines is 1. The Hall–Kier alpha value is -2.21. The number of hydrogen-bond acceptors (Lipinski definition) is 5. The highest BCUT2D eigenvalue weighted by Gasteiger charge is 2.19. The number of azo groups is 1. The van der Waals surface area contributed by atoms with Crippen LogP contribution in [0.5, 0.6) is 0 Å². The van der Waals surface area contributed by atoms with Gasteiger partial charge in [-0.2, -0.15) is 20.8 Å². The molecule has 6 heteroatoms. The molecular formula is C11H16N6. The van der Waals surface area contributed by atoms with Gasteiger partial charge in [0, 0.05) is 12.4 Å². The van der Waals surface area contributed by atoms with E-state index in [-0.39, 0.29) is 0 Å². The smallest absolute Gasteiger partial charge is 0.162 e. The zero-order valence-corrected chi connectivity index (χ0v) is 10.5. The third kappa shape index (κ3) is 7.69. The van der Waals surface area contributed by atoms with Crippen molar-refractivity contribution >= 4 is 0 Å². The fraction of sp³-hybridized carbons (Fsp3) is 0.545. The van der Waals surface area contributed by atoms with E-state index >= 15 is 0 Å². The molecule has 0 unspecified atom stereocenters. The second kappa shape index (κ2) is 6.39. The van der Waals surface area contributed by atoms with E-state index in [0.29, 0.717) is 0 Å². The van der Waals surface area contributed by atoms with Crippen LogP contribution in [0.15, 0.2) is 28.9 Å². The predicted molar refractivity (Wildman–Crippen MR) is 62.8 cm³/mol. The van der Waals surface area contributed by atoms with Crippen molar-refractivity contribution in [2.75, 3.05) is 0 Å². The number of aromatic nitrogens is 2. The van der Waals surface area contributed by atoms with Gasteiger partial charge in [-0.3, -0.25) is 0 Å². The molecule has 0 aromatic carbocycles. The average Bonchev–Trinajstić information content (AvgIpc) is 2.86. The van der Waals surface area contributed by atoms with E-state index in [0.717, 1.165) is 0 Å². The maximum Gasteiger partial charge on any atom is 0.162 e. The summed E-state index contributed by atoms with van der Waals surface area (Å²) < 4.78 is 0. The number of nitrogens with zero attached hydrogens (tertiary/aromatic N) is 5. The molecule has 0 saturated heterocycles. The largest absolute Gasteiger partial charge is 0.351 e. The second-order valence-electron chi connectivity index (χ2n) is 4.30. The Kier molecular flexibility index (Phi) is 5.56. The monoisotopic (exact) mass is 232 g/mol. The predicted octanol–water partition coefficient (Wildman–Crippen LogP) is 2.45. The maximum absolute atomic E-state index is 8.58. The summed E-state index contributed by atoms with van der Waals surface area (Å²) in [5.74, 6) is 0. The summed E-state index contributed by atoms with van der Waals surface area (Å²) >= 11 is 0. The normalized spacial score (nSPS) is 11.2. The molecule has 0 saturated carbocycles. The molecule has 0 bridgehead atoms. The molecule has 6 nitrogen and oxygen atoms in total. The second-order valence-corrected chi connectivity index (χ2v) is 4.30. The lowest BCUT2D eigenvalue weighted by Gasteiger charge is -2.11. The minimum atomic E-state index is -0.839. The van der Waals surface area contributed by atoms with E-state index in [1.54, 1.807) is 46.4 Å². The van der Waals surface area contributed by atoms with Crippen molar-refractivity contribution < 1.29 is 0 Å². The number of nitrogens with one attached hydrogen (secondary N) is 1. The molecule has 0 aliphatic rings. The Morgan fingerprint density at radius 2 is 1.53 bits per heavy atom. The summed E-state index contributed by atoms with van der Waals surface area (Å²) in [5.41, 5.74) is -1.68.